The summed E-state index contributed by atoms with van der Waals surface area (Å²) in [6.45, 7) is 1.02. The molecule has 4 rings (SSSR count). The molecule has 0 aliphatic heterocycles. The number of carboxylic acid groups (broad SMARTS) is 1. The lowest BCUT2D eigenvalue weighted by molar-refractivity contribution is -0.862. The Labute approximate surface area is 197 Å². The van der Waals surface area contributed by atoms with Gasteiger partial charge >= 0.3 is 0 Å². The summed E-state index contributed by atoms with van der Waals surface area (Å²) in [5, 5.41) is 15.2. The van der Waals surface area contributed by atoms with Gasteiger partial charge in [-0.2, -0.15) is 0 Å². The van der Waals surface area contributed by atoms with Crippen LogP contribution in [0.2, 0.25) is 0 Å². The third kappa shape index (κ3) is 5.41. The standard InChI is InChI=1S/C26H27N3O3S/c1-29(2,3)12-6-7-18-10-11-21-22(13-18)33-23(28-21)17-27-25(32)26(16-24(30)31)14-19-8-4-5-9-20(19)15-26/h4-5,8-11,13H,12,14-17H2,1-3H3,(H-,27,30,31,32). The normalized spacial score (nSPS) is 14.4. The first-order valence-corrected chi connectivity index (χ1v) is 11.7. The van der Waals surface area contributed by atoms with Crippen molar-refractivity contribution in [2.75, 3.05) is 27.7 Å². The summed E-state index contributed by atoms with van der Waals surface area (Å²) < 4.78 is 1.79. The van der Waals surface area contributed by atoms with Crippen molar-refractivity contribution in [2.45, 2.75) is 25.8 Å². The highest BCUT2D eigenvalue weighted by molar-refractivity contribution is 7.18. The molecular formula is C26H27N3O3S. The van der Waals surface area contributed by atoms with E-state index in [1.54, 1.807) is 0 Å². The van der Waals surface area contributed by atoms with Crippen molar-refractivity contribution in [2.24, 2.45) is 5.41 Å². The van der Waals surface area contributed by atoms with Crippen LogP contribution in [0.3, 0.4) is 0 Å². The molecule has 1 aliphatic rings. The van der Waals surface area contributed by atoms with Gasteiger partial charge in [-0.05, 0) is 48.1 Å². The number of thiazole rings is 1. The van der Waals surface area contributed by atoms with Crippen LogP contribution in [0.1, 0.15) is 28.1 Å². The average Bonchev–Trinajstić information content (AvgIpc) is 3.31. The minimum Gasteiger partial charge on any atom is -0.550 e. The van der Waals surface area contributed by atoms with Gasteiger partial charge < -0.3 is 19.7 Å². The Kier molecular flexibility index (Phi) is 6.24. The van der Waals surface area contributed by atoms with Gasteiger partial charge in [-0.25, -0.2) is 4.98 Å². The molecule has 0 atom stereocenters. The molecule has 6 nitrogen and oxygen atoms in total. The molecule has 0 saturated carbocycles. The minimum atomic E-state index is -1.21. The summed E-state index contributed by atoms with van der Waals surface area (Å²) in [4.78, 5) is 29.2. The van der Waals surface area contributed by atoms with Gasteiger partial charge in [-0.15, -0.1) is 11.3 Å². The van der Waals surface area contributed by atoms with E-state index in [0.717, 1.165) is 42.9 Å². The van der Waals surface area contributed by atoms with E-state index < -0.39 is 11.4 Å². The number of amides is 1. The molecule has 0 saturated heterocycles. The summed E-state index contributed by atoms with van der Waals surface area (Å²) in [6, 6.07) is 13.6. The molecule has 33 heavy (non-hydrogen) atoms. The predicted octanol–water partition coefficient (Wildman–Crippen LogP) is 1.90. The van der Waals surface area contributed by atoms with Crippen molar-refractivity contribution in [3.8, 4) is 11.8 Å². The number of carbonyl (C=O) groups excluding carboxylic acids is 2. The summed E-state index contributed by atoms with van der Waals surface area (Å²) in [7, 11) is 6.30. The van der Waals surface area contributed by atoms with Crippen molar-refractivity contribution >= 4 is 33.4 Å². The predicted molar refractivity (Wildman–Crippen MR) is 127 cm³/mol. The lowest BCUT2D eigenvalue weighted by atomic mass is 9.80. The number of hydrogen-bond acceptors (Lipinski definition) is 5. The average molecular weight is 462 g/mol. The number of benzene rings is 2. The highest BCUT2D eigenvalue weighted by Crippen LogP contribution is 2.40. The number of quaternary nitrogens is 1. The van der Waals surface area contributed by atoms with E-state index in [0.29, 0.717) is 12.8 Å². The van der Waals surface area contributed by atoms with Crippen molar-refractivity contribution in [1.82, 2.24) is 10.3 Å². The zero-order valence-corrected chi connectivity index (χ0v) is 19.9. The van der Waals surface area contributed by atoms with Crippen LogP contribution in [0.5, 0.6) is 0 Å². The molecule has 7 heteroatoms. The summed E-state index contributed by atoms with van der Waals surface area (Å²) in [5.74, 6) is 4.93. The van der Waals surface area contributed by atoms with Crippen LogP contribution < -0.4 is 10.4 Å². The Morgan fingerprint density at radius 1 is 1.15 bits per heavy atom. The molecule has 1 N–H and O–H groups in total. The molecule has 2 aromatic carbocycles. The highest BCUT2D eigenvalue weighted by Gasteiger charge is 2.43. The lowest BCUT2D eigenvalue weighted by Gasteiger charge is -2.28. The first-order chi connectivity index (χ1) is 15.6. The molecule has 0 fully saturated rings. The first-order valence-electron chi connectivity index (χ1n) is 10.9. The van der Waals surface area contributed by atoms with E-state index in [4.69, 9.17) is 0 Å². The van der Waals surface area contributed by atoms with Crippen LogP contribution in [0.25, 0.3) is 10.2 Å². The van der Waals surface area contributed by atoms with Gasteiger partial charge in [0.1, 0.15) is 11.6 Å². The van der Waals surface area contributed by atoms with Gasteiger partial charge in [-0.1, -0.05) is 30.2 Å². The number of carbonyl (C=O) groups is 2. The maximum Gasteiger partial charge on any atom is 0.227 e. The van der Waals surface area contributed by atoms with Crippen LogP contribution >= 0.6 is 11.3 Å². The quantitative estimate of drug-likeness (QED) is 0.449. The Morgan fingerprint density at radius 3 is 2.48 bits per heavy atom. The topological polar surface area (TPSA) is 82.1 Å². The third-order valence-corrected chi connectivity index (χ3v) is 6.78. The van der Waals surface area contributed by atoms with Crippen molar-refractivity contribution in [3.05, 3.63) is 64.2 Å². The second-order valence-corrected chi connectivity index (χ2v) is 10.8. The Balaban J connectivity index is 1.47. The second-order valence-electron chi connectivity index (χ2n) is 9.67. The Bertz CT molecular complexity index is 1250. The number of hydrogen-bond donors (Lipinski definition) is 1. The van der Waals surface area contributed by atoms with Gasteiger partial charge in [0.15, 0.2) is 0 Å². The molecule has 1 heterocycles. The minimum absolute atomic E-state index is 0.256. The summed E-state index contributed by atoms with van der Waals surface area (Å²) in [6.07, 6.45) is 0.499. The molecule has 0 bridgehead atoms. The number of nitrogens with zero attached hydrogens (tertiary/aromatic N) is 2. The van der Waals surface area contributed by atoms with Crippen LogP contribution in [0.15, 0.2) is 42.5 Å². The fourth-order valence-electron chi connectivity index (χ4n) is 4.18. The first kappa shape index (κ1) is 23.0. The zero-order chi connectivity index (χ0) is 23.6. The van der Waals surface area contributed by atoms with Crippen LogP contribution in [0.4, 0.5) is 0 Å². The highest BCUT2D eigenvalue weighted by atomic mass is 32.1. The molecule has 0 unspecified atom stereocenters. The zero-order valence-electron chi connectivity index (χ0n) is 19.1. The van der Waals surface area contributed by atoms with Crippen LogP contribution in [-0.4, -0.2) is 49.0 Å². The van der Waals surface area contributed by atoms with Gasteiger partial charge in [0.25, 0.3) is 0 Å². The number of fused-ring (bicyclic) bond motifs is 2. The number of rotatable bonds is 6. The Morgan fingerprint density at radius 2 is 1.85 bits per heavy atom. The largest absolute Gasteiger partial charge is 0.550 e. The molecular weight excluding hydrogens is 434 g/mol. The molecule has 1 amide bonds. The number of nitrogens with one attached hydrogen (secondary N) is 1. The van der Waals surface area contributed by atoms with E-state index in [2.05, 4.69) is 43.3 Å². The maximum absolute atomic E-state index is 13.2. The number of carboxylic acids is 1. The second kappa shape index (κ2) is 8.97. The summed E-state index contributed by atoms with van der Waals surface area (Å²) >= 11 is 1.51. The van der Waals surface area contributed by atoms with Crippen molar-refractivity contribution in [3.63, 3.8) is 0 Å². The molecule has 1 aromatic heterocycles. The molecule has 3 aromatic rings. The third-order valence-electron chi connectivity index (χ3n) is 5.76. The molecule has 0 radical (unpaired) electrons. The van der Waals surface area contributed by atoms with Crippen LogP contribution in [-0.2, 0) is 29.0 Å². The van der Waals surface area contributed by atoms with E-state index in [9.17, 15) is 14.7 Å². The fraction of sp³-hybridized carbons (Fsp3) is 0.346. The van der Waals surface area contributed by atoms with Gasteiger partial charge in [0, 0.05) is 18.0 Å². The van der Waals surface area contributed by atoms with Gasteiger partial charge in [0.2, 0.25) is 5.91 Å². The van der Waals surface area contributed by atoms with Gasteiger partial charge in [0.05, 0.1) is 43.3 Å². The number of aliphatic carboxylic acids is 1. The number of aromatic nitrogens is 1. The van der Waals surface area contributed by atoms with Crippen molar-refractivity contribution < 1.29 is 19.2 Å². The molecule has 0 spiro atoms. The SMILES string of the molecule is C[N+](C)(C)CC#Cc1ccc2nc(CNC(=O)C3(CC(=O)[O-])Cc4ccccc4C3)sc2c1. The molecule has 170 valence electrons. The molecule has 1 aliphatic carbocycles. The van der Waals surface area contributed by atoms with Crippen molar-refractivity contribution in [1.29, 1.82) is 0 Å². The van der Waals surface area contributed by atoms with Crippen LogP contribution in [0, 0.1) is 17.3 Å². The van der Waals surface area contributed by atoms with E-state index in [-0.39, 0.29) is 18.9 Å². The fourth-order valence-corrected chi connectivity index (χ4v) is 5.13. The van der Waals surface area contributed by atoms with E-state index in [1.165, 1.54) is 11.3 Å². The van der Waals surface area contributed by atoms with Gasteiger partial charge in [-0.3, -0.25) is 4.79 Å². The van der Waals surface area contributed by atoms with E-state index in [1.807, 2.05) is 42.5 Å². The lowest BCUT2D eigenvalue weighted by Crippen LogP contribution is -2.45. The monoisotopic (exact) mass is 461 g/mol. The van der Waals surface area contributed by atoms with E-state index >= 15 is 0 Å². The smallest absolute Gasteiger partial charge is 0.227 e. The maximum atomic E-state index is 13.2. The summed E-state index contributed by atoms with van der Waals surface area (Å²) in [5.41, 5.74) is 2.82. The Hall–Kier alpha value is -3.21.